The van der Waals surface area contributed by atoms with Crippen LogP contribution >= 0.6 is 0 Å². The van der Waals surface area contributed by atoms with E-state index in [9.17, 15) is 9.59 Å². The molecule has 0 bridgehead atoms. The number of hydrogen-bond donors (Lipinski definition) is 1. The van der Waals surface area contributed by atoms with Gasteiger partial charge in [0.1, 0.15) is 0 Å². The number of nitrogens with zero attached hydrogens (tertiary/aromatic N) is 1. The molecule has 5 rings (SSSR count). The molecule has 0 aliphatic heterocycles. The molecule has 0 unspecified atom stereocenters. The molecule has 1 aromatic heterocycles. The number of aromatic nitrogens is 1. The third-order valence-corrected chi connectivity index (χ3v) is 6.29. The Morgan fingerprint density at radius 3 is 2.46 bits per heavy atom. The predicted molar refractivity (Wildman–Crippen MR) is 143 cm³/mol. The summed E-state index contributed by atoms with van der Waals surface area (Å²) in [7, 11) is 3.20. The van der Waals surface area contributed by atoms with Gasteiger partial charge in [0.25, 0.3) is 5.91 Å². The monoisotopic (exact) mass is 494 g/mol. The molecule has 0 spiro atoms. The Bertz CT molecular complexity index is 1510. The number of esters is 1. The number of ether oxygens (including phenoxy) is 3. The number of amides is 1. The van der Waals surface area contributed by atoms with Crippen LogP contribution in [-0.2, 0) is 16.0 Å². The van der Waals surface area contributed by atoms with Crippen molar-refractivity contribution in [3.05, 3.63) is 95.2 Å². The molecule has 4 aromatic rings. The van der Waals surface area contributed by atoms with Crippen molar-refractivity contribution < 1.29 is 23.8 Å². The maximum Gasteiger partial charge on any atom is 0.339 e. The number of pyridine rings is 1. The minimum Gasteiger partial charge on any atom is -0.493 e. The van der Waals surface area contributed by atoms with E-state index in [0.717, 1.165) is 28.8 Å². The summed E-state index contributed by atoms with van der Waals surface area (Å²) < 4.78 is 16.3. The summed E-state index contributed by atoms with van der Waals surface area (Å²) in [6, 6.07) is 22.3. The van der Waals surface area contributed by atoms with E-state index in [1.165, 1.54) is 0 Å². The maximum atomic E-state index is 13.3. The first kappa shape index (κ1) is 24.1. The highest BCUT2D eigenvalue weighted by molar-refractivity contribution is 6.08. The van der Waals surface area contributed by atoms with Crippen LogP contribution in [0.15, 0.2) is 72.8 Å². The van der Waals surface area contributed by atoms with E-state index in [0.29, 0.717) is 40.1 Å². The number of anilines is 1. The van der Waals surface area contributed by atoms with E-state index in [-0.39, 0.29) is 6.61 Å². The summed E-state index contributed by atoms with van der Waals surface area (Å²) >= 11 is 0. The van der Waals surface area contributed by atoms with Gasteiger partial charge < -0.3 is 19.5 Å². The Morgan fingerprint density at radius 1 is 0.919 bits per heavy atom. The van der Waals surface area contributed by atoms with E-state index in [2.05, 4.69) is 11.4 Å². The maximum absolute atomic E-state index is 13.3. The van der Waals surface area contributed by atoms with E-state index in [4.69, 9.17) is 19.2 Å². The van der Waals surface area contributed by atoms with E-state index < -0.39 is 11.9 Å². The summed E-state index contributed by atoms with van der Waals surface area (Å²) in [5, 5.41) is 3.44. The highest BCUT2D eigenvalue weighted by atomic mass is 16.5. The molecule has 3 aromatic carbocycles. The first-order chi connectivity index (χ1) is 18.1. The first-order valence-electron chi connectivity index (χ1n) is 11.9. The van der Waals surface area contributed by atoms with Crippen LogP contribution in [0.2, 0.25) is 0 Å². The lowest BCUT2D eigenvalue weighted by Gasteiger charge is -2.13. The molecule has 7 heteroatoms. The molecule has 186 valence electrons. The van der Waals surface area contributed by atoms with Crippen LogP contribution in [0.4, 0.5) is 5.69 Å². The largest absolute Gasteiger partial charge is 0.493 e. The Balaban J connectivity index is 1.45. The van der Waals surface area contributed by atoms with Crippen molar-refractivity contribution in [2.75, 3.05) is 26.1 Å². The van der Waals surface area contributed by atoms with E-state index >= 15 is 0 Å². The molecule has 1 amide bonds. The number of benzene rings is 3. The molecule has 0 fully saturated rings. The van der Waals surface area contributed by atoms with Gasteiger partial charge in [-0.2, -0.15) is 0 Å². The van der Waals surface area contributed by atoms with Gasteiger partial charge in [0.15, 0.2) is 18.1 Å². The first-order valence-corrected chi connectivity index (χ1v) is 11.9. The standard InChI is InChI=1S/C30H26N2O5/c1-35-25-15-12-19(17-26(25)36-2)16-20-13-14-23-28(22-10-6-7-11-24(22)32-29(20)23)30(34)37-18-27(33)31-21-8-4-3-5-9-21/h3-12,15-17H,13-14,18H2,1-2H3,(H,31,33)/b20-16+. The molecule has 0 atom stereocenters. The van der Waals surface area contributed by atoms with Crippen LogP contribution in [0, 0.1) is 0 Å². The van der Waals surface area contributed by atoms with E-state index in [1.807, 2.05) is 60.7 Å². The minimum absolute atomic E-state index is 0.381. The molecule has 0 saturated carbocycles. The zero-order chi connectivity index (χ0) is 25.8. The highest BCUT2D eigenvalue weighted by Gasteiger charge is 2.28. The Labute approximate surface area is 214 Å². The van der Waals surface area contributed by atoms with Gasteiger partial charge in [-0.05, 0) is 65.9 Å². The van der Waals surface area contributed by atoms with Gasteiger partial charge in [-0.15, -0.1) is 0 Å². The fourth-order valence-corrected chi connectivity index (χ4v) is 4.58. The number of rotatable bonds is 7. The molecule has 7 nitrogen and oxygen atoms in total. The number of carbonyl (C=O) groups excluding carboxylic acids is 2. The normalized spacial score (nSPS) is 13.3. The number of methoxy groups -OCH3 is 2. The van der Waals surface area contributed by atoms with Crippen molar-refractivity contribution in [3.8, 4) is 11.5 Å². The zero-order valence-electron chi connectivity index (χ0n) is 20.6. The molecule has 1 N–H and O–H groups in total. The summed E-state index contributed by atoms with van der Waals surface area (Å²) in [6.45, 7) is -0.381. The molecule has 1 aliphatic rings. The van der Waals surface area contributed by atoms with Crippen LogP contribution in [-0.4, -0.2) is 37.7 Å². The molecule has 0 radical (unpaired) electrons. The quantitative estimate of drug-likeness (QED) is 0.340. The van der Waals surface area contributed by atoms with Crippen LogP contribution in [0.3, 0.4) is 0 Å². The van der Waals surface area contributed by atoms with Crippen molar-refractivity contribution >= 4 is 40.1 Å². The van der Waals surface area contributed by atoms with Crippen molar-refractivity contribution in [2.24, 2.45) is 0 Å². The van der Waals surface area contributed by atoms with Gasteiger partial charge in [-0.25, -0.2) is 9.78 Å². The average molecular weight is 495 g/mol. The number of para-hydroxylation sites is 2. The fraction of sp³-hybridized carbons (Fsp3) is 0.167. The van der Waals surface area contributed by atoms with Gasteiger partial charge in [-0.3, -0.25) is 4.79 Å². The lowest BCUT2D eigenvalue weighted by Crippen LogP contribution is -2.21. The Kier molecular flexibility index (Phi) is 6.85. The molecule has 1 aliphatic carbocycles. The third kappa shape index (κ3) is 5.02. The van der Waals surface area contributed by atoms with Gasteiger partial charge in [0.2, 0.25) is 0 Å². The van der Waals surface area contributed by atoms with Gasteiger partial charge in [0.05, 0.1) is 31.0 Å². The number of carbonyl (C=O) groups is 2. The Morgan fingerprint density at radius 2 is 1.68 bits per heavy atom. The van der Waals surface area contributed by atoms with Crippen molar-refractivity contribution in [2.45, 2.75) is 12.8 Å². The zero-order valence-corrected chi connectivity index (χ0v) is 20.6. The highest BCUT2D eigenvalue weighted by Crippen LogP contribution is 2.38. The minimum atomic E-state index is -0.537. The molecule has 1 heterocycles. The molecular formula is C30H26N2O5. The summed E-state index contributed by atoms with van der Waals surface area (Å²) in [5.41, 5.74) is 5.36. The van der Waals surface area contributed by atoms with Gasteiger partial charge in [0, 0.05) is 11.1 Å². The van der Waals surface area contributed by atoms with Crippen LogP contribution in [0.25, 0.3) is 22.6 Å². The van der Waals surface area contributed by atoms with Crippen molar-refractivity contribution in [3.63, 3.8) is 0 Å². The number of fused-ring (bicyclic) bond motifs is 2. The van der Waals surface area contributed by atoms with Crippen molar-refractivity contribution in [1.82, 2.24) is 4.98 Å². The van der Waals surface area contributed by atoms with E-state index in [1.54, 1.807) is 26.4 Å². The number of hydrogen-bond acceptors (Lipinski definition) is 6. The smallest absolute Gasteiger partial charge is 0.339 e. The number of nitrogens with one attached hydrogen (secondary N) is 1. The van der Waals surface area contributed by atoms with Crippen LogP contribution in [0.1, 0.15) is 33.6 Å². The number of allylic oxidation sites excluding steroid dienone is 1. The topological polar surface area (TPSA) is 86.8 Å². The van der Waals surface area contributed by atoms with Crippen molar-refractivity contribution in [1.29, 1.82) is 0 Å². The Hall–Kier alpha value is -4.65. The van der Waals surface area contributed by atoms with Gasteiger partial charge in [-0.1, -0.05) is 42.5 Å². The average Bonchev–Trinajstić information content (AvgIpc) is 3.32. The van der Waals surface area contributed by atoms with Gasteiger partial charge >= 0.3 is 5.97 Å². The molecule has 37 heavy (non-hydrogen) atoms. The second kappa shape index (κ2) is 10.5. The summed E-state index contributed by atoms with van der Waals surface area (Å²) in [6.07, 6.45) is 3.42. The summed E-state index contributed by atoms with van der Waals surface area (Å²) in [4.78, 5) is 30.6. The lowest BCUT2D eigenvalue weighted by atomic mass is 10.0. The molecular weight excluding hydrogens is 468 g/mol. The predicted octanol–water partition coefficient (Wildman–Crippen LogP) is 5.53. The SMILES string of the molecule is COc1ccc(/C=C2\CCc3c2nc2ccccc2c3C(=O)OCC(=O)Nc2ccccc2)cc1OC. The lowest BCUT2D eigenvalue weighted by molar-refractivity contribution is -0.119. The fourth-order valence-electron chi connectivity index (χ4n) is 4.58. The summed E-state index contributed by atoms with van der Waals surface area (Å²) in [5.74, 6) is 0.357. The second-order valence-electron chi connectivity index (χ2n) is 8.61. The molecule has 0 saturated heterocycles. The van der Waals surface area contributed by atoms with Crippen LogP contribution < -0.4 is 14.8 Å². The van der Waals surface area contributed by atoms with Crippen LogP contribution in [0.5, 0.6) is 11.5 Å². The third-order valence-electron chi connectivity index (χ3n) is 6.29. The second-order valence-corrected chi connectivity index (χ2v) is 8.61.